The molecule has 0 radical (unpaired) electrons. The van der Waals surface area contributed by atoms with Crippen molar-refractivity contribution in [3.8, 4) is 49.1 Å². The lowest BCUT2D eigenvalue weighted by molar-refractivity contribution is 1.08. The van der Waals surface area contributed by atoms with E-state index in [0.29, 0.717) is 0 Å². The maximum atomic E-state index is 5.57. The van der Waals surface area contributed by atoms with Crippen LogP contribution in [-0.2, 0) is 0 Å². The average molecular weight is 656 g/mol. The van der Waals surface area contributed by atoms with E-state index in [-0.39, 0.29) is 0 Å². The van der Waals surface area contributed by atoms with Crippen molar-refractivity contribution in [1.82, 2.24) is 14.5 Å². The first-order chi connectivity index (χ1) is 24.8. The van der Waals surface area contributed by atoms with Crippen LogP contribution in [0.2, 0.25) is 0 Å². The number of pyridine rings is 1. The summed E-state index contributed by atoms with van der Waals surface area (Å²) in [6.07, 6.45) is 2.07. The van der Waals surface area contributed by atoms with Gasteiger partial charge in [0.05, 0.1) is 0 Å². The van der Waals surface area contributed by atoms with Crippen LogP contribution in [0.15, 0.2) is 176 Å². The lowest BCUT2D eigenvalue weighted by atomic mass is 9.93. The number of aromatic nitrogens is 3. The summed E-state index contributed by atoms with van der Waals surface area (Å²) in [5.41, 5.74) is 8.54. The minimum atomic E-state index is 0.838. The lowest BCUT2D eigenvalue weighted by Crippen LogP contribution is -1.99. The van der Waals surface area contributed by atoms with Gasteiger partial charge < -0.3 is 0 Å². The summed E-state index contributed by atoms with van der Waals surface area (Å²) in [5.74, 6) is 0.867. The Morgan fingerprint density at radius 1 is 0.420 bits per heavy atom. The highest BCUT2D eigenvalue weighted by Crippen LogP contribution is 2.51. The smallest absolute Gasteiger partial charge is 0.165 e. The van der Waals surface area contributed by atoms with Gasteiger partial charge in [-0.25, -0.2) is 9.97 Å². The van der Waals surface area contributed by atoms with E-state index in [2.05, 4.69) is 181 Å². The molecule has 3 heterocycles. The average Bonchev–Trinajstić information content (AvgIpc) is 3.80. The molecule has 0 bridgehead atoms. The Bertz CT molecular complexity index is 2840. The zero-order valence-corrected chi connectivity index (χ0v) is 27.8. The Hall–Kier alpha value is -6.36. The Balaban J connectivity index is 1.39. The van der Waals surface area contributed by atoms with Crippen LogP contribution in [0.3, 0.4) is 0 Å². The van der Waals surface area contributed by atoms with E-state index in [1.165, 1.54) is 48.0 Å². The Labute approximate surface area is 293 Å². The zero-order valence-electron chi connectivity index (χ0n) is 27.0. The number of benzene rings is 7. The van der Waals surface area contributed by atoms with Crippen molar-refractivity contribution >= 4 is 54.8 Å². The fourth-order valence-electron chi connectivity index (χ4n) is 7.40. The van der Waals surface area contributed by atoms with Gasteiger partial charge in [0.15, 0.2) is 5.65 Å². The third-order valence-electron chi connectivity index (χ3n) is 9.64. The zero-order chi connectivity index (χ0) is 33.0. The number of hydrogen-bond donors (Lipinski definition) is 0. The largest absolute Gasteiger partial charge is 0.277 e. The van der Waals surface area contributed by atoms with Crippen LogP contribution < -0.4 is 0 Å². The van der Waals surface area contributed by atoms with Gasteiger partial charge >= 0.3 is 0 Å². The van der Waals surface area contributed by atoms with Gasteiger partial charge in [-0.1, -0.05) is 158 Å². The molecule has 0 aliphatic rings. The minimum Gasteiger partial charge on any atom is -0.277 e. The van der Waals surface area contributed by atoms with Crippen molar-refractivity contribution in [2.24, 2.45) is 0 Å². The van der Waals surface area contributed by atoms with Crippen LogP contribution in [0, 0.1) is 0 Å². The molecule has 0 aliphatic carbocycles. The molecule has 3 aromatic heterocycles. The molecule has 50 heavy (non-hydrogen) atoms. The maximum Gasteiger partial charge on any atom is 0.165 e. The number of imidazole rings is 1. The van der Waals surface area contributed by atoms with Crippen LogP contribution in [0.5, 0.6) is 0 Å². The standard InChI is InChI=1S/C46H29N3S/c1-5-16-30(17-6-1)34-24-15-25-35(28-34)49-45(33-22-11-4-12-23-33)48-42-39-38(29-47-46(42)49)36-26-13-14-27-37(36)40-41(39)44(32-20-9-3-10-21-32)50-43(40)31-18-7-2-8-19-31/h1-29H. The third kappa shape index (κ3) is 4.50. The van der Waals surface area contributed by atoms with Crippen LogP contribution in [0.25, 0.3) is 92.6 Å². The van der Waals surface area contributed by atoms with Gasteiger partial charge in [-0.2, -0.15) is 0 Å². The summed E-state index contributed by atoms with van der Waals surface area (Å²) in [6.45, 7) is 0. The summed E-state index contributed by atoms with van der Waals surface area (Å²) in [6, 6.07) is 60.1. The quantitative estimate of drug-likeness (QED) is 0.173. The van der Waals surface area contributed by atoms with Crippen LogP contribution >= 0.6 is 11.3 Å². The Morgan fingerprint density at radius 3 is 1.62 bits per heavy atom. The highest BCUT2D eigenvalue weighted by Gasteiger charge is 2.25. The fraction of sp³-hybridized carbons (Fsp3) is 0. The van der Waals surface area contributed by atoms with Crippen LogP contribution in [0.1, 0.15) is 0 Å². The summed E-state index contributed by atoms with van der Waals surface area (Å²) < 4.78 is 2.24. The molecule has 0 saturated heterocycles. The van der Waals surface area contributed by atoms with Crippen LogP contribution in [0.4, 0.5) is 0 Å². The van der Waals surface area contributed by atoms with Gasteiger partial charge in [-0.15, -0.1) is 11.3 Å². The molecule has 0 spiro atoms. The summed E-state index contributed by atoms with van der Waals surface area (Å²) in [4.78, 5) is 13.3. The summed E-state index contributed by atoms with van der Waals surface area (Å²) in [5, 5.41) is 7.14. The van der Waals surface area contributed by atoms with E-state index < -0.39 is 0 Å². The second kappa shape index (κ2) is 11.7. The molecule has 0 atom stereocenters. The number of fused-ring (bicyclic) bond motifs is 8. The molecule has 234 valence electrons. The van der Waals surface area contributed by atoms with E-state index >= 15 is 0 Å². The third-order valence-corrected chi connectivity index (χ3v) is 10.9. The topological polar surface area (TPSA) is 30.7 Å². The molecule has 0 aliphatic heterocycles. The first-order valence-corrected chi connectivity index (χ1v) is 17.7. The summed E-state index contributed by atoms with van der Waals surface area (Å²) in [7, 11) is 0. The molecular weight excluding hydrogens is 627 g/mol. The number of rotatable bonds is 5. The molecule has 0 N–H and O–H groups in total. The Morgan fingerprint density at radius 2 is 0.960 bits per heavy atom. The molecule has 4 heteroatoms. The van der Waals surface area contributed by atoms with E-state index in [1.807, 2.05) is 11.3 Å². The second-order valence-corrected chi connectivity index (χ2v) is 13.6. The molecule has 10 aromatic rings. The van der Waals surface area contributed by atoms with E-state index in [9.17, 15) is 0 Å². The van der Waals surface area contributed by atoms with Gasteiger partial charge in [0.1, 0.15) is 11.3 Å². The SMILES string of the molecule is c1ccc(-c2cccc(-n3c(-c4ccccc4)nc4c5c(cnc43)c3ccccc3c3c(-c4ccccc4)sc(-c4ccccc4)c35)c2)cc1. The normalized spacial score (nSPS) is 11.6. The van der Waals surface area contributed by atoms with Gasteiger partial charge in [0.25, 0.3) is 0 Å². The molecule has 7 aromatic carbocycles. The molecule has 0 unspecified atom stereocenters. The van der Waals surface area contributed by atoms with Gasteiger partial charge in [0.2, 0.25) is 0 Å². The van der Waals surface area contributed by atoms with Gasteiger partial charge in [-0.05, 0) is 45.2 Å². The van der Waals surface area contributed by atoms with Gasteiger partial charge in [-0.3, -0.25) is 4.57 Å². The maximum absolute atomic E-state index is 5.57. The first kappa shape index (κ1) is 28.6. The number of thiophene rings is 1. The molecule has 10 rings (SSSR count). The van der Waals surface area contributed by atoms with Crippen molar-refractivity contribution in [1.29, 1.82) is 0 Å². The first-order valence-electron chi connectivity index (χ1n) is 16.8. The lowest BCUT2D eigenvalue weighted by Gasteiger charge is -2.12. The molecule has 3 nitrogen and oxygen atoms in total. The summed E-state index contributed by atoms with van der Waals surface area (Å²) >= 11 is 1.87. The highest BCUT2D eigenvalue weighted by atomic mass is 32.1. The predicted octanol–water partition coefficient (Wildman–Crippen LogP) is 12.6. The van der Waals surface area contributed by atoms with Crippen molar-refractivity contribution in [3.63, 3.8) is 0 Å². The number of hydrogen-bond acceptors (Lipinski definition) is 3. The van der Waals surface area contributed by atoms with Crippen molar-refractivity contribution in [2.45, 2.75) is 0 Å². The molecule has 0 saturated carbocycles. The fourth-order valence-corrected chi connectivity index (χ4v) is 8.73. The highest BCUT2D eigenvalue weighted by molar-refractivity contribution is 7.21. The van der Waals surface area contributed by atoms with Crippen molar-refractivity contribution in [2.75, 3.05) is 0 Å². The Kier molecular flexibility index (Phi) is 6.68. The van der Waals surface area contributed by atoms with Crippen molar-refractivity contribution in [3.05, 3.63) is 176 Å². The van der Waals surface area contributed by atoms with E-state index in [0.717, 1.165) is 44.6 Å². The van der Waals surface area contributed by atoms with Crippen LogP contribution in [-0.4, -0.2) is 14.5 Å². The monoisotopic (exact) mass is 655 g/mol. The predicted molar refractivity (Wildman–Crippen MR) is 211 cm³/mol. The number of nitrogens with zero attached hydrogens (tertiary/aromatic N) is 3. The van der Waals surface area contributed by atoms with E-state index in [4.69, 9.17) is 9.97 Å². The van der Waals surface area contributed by atoms with Crippen molar-refractivity contribution < 1.29 is 0 Å². The molecular formula is C46H29N3S. The molecule has 0 amide bonds. The van der Waals surface area contributed by atoms with E-state index in [1.54, 1.807) is 0 Å². The minimum absolute atomic E-state index is 0.838. The van der Waals surface area contributed by atoms with Gasteiger partial charge in [0, 0.05) is 48.7 Å². The second-order valence-electron chi connectivity index (χ2n) is 12.6. The molecule has 0 fully saturated rings.